The predicted molar refractivity (Wildman–Crippen MR) is 77.4 cm³/mol. The summed E-state index contributed by atoms with van der Waals surface area (Å²) in [6.45, 7) is 6.02. The third-order valence-corrected chi connectivity index (χ3v) is 3.38. The fourth-order valence-corrected chi connectivity index (χ4v) is 2.40. The van der Waals surface area contributed by atoms with Gasteiger partial charge in [-0.2, -0.15) is 0 Å². The van der Waals surface area contributed by atoms with Gasteiger partial charge in [-0.25, -0.2) is 0 Å². The summed E-state index contributed by atoms with van der Waals surface area (Å²) in [6, 6.07) is 6.76. The van der Waals surface area contributed by atoms with E-state index in [4.69, 9.17) is 16.3 Å². The van der Waals surface area contributed by atoms with Crippen LogP contribution in [0.1, 0.15) is 26.3 Å². The maximum absolute atomic E-state index is 12.3. The molecule has 0 aliphatic carbocycles. The normalized spacial score (nSPS) is 15.6. The van der Waals surface area contributed by atoms with Crippen molar-refractivity contribution in [2.24, 2.45) is 0 Å². The highest BCUT2D eigenvalue weighted by Gasteiger charge is 2.39. The van der Waals surface area contributed by atoms with Gasteiger partial charge in [-0.3, -0.25) is 14.5 Å². The summed E-state index contributed by atoms with van der Waals surface area (Å²) in [7, 11) is 0. The van der Waals surface area contributed by atoms with Crippen molar-refractivity contribution in [3.8, 4) is 5.75 Å². The lowest BCUT2D eigenvalue weighted by atomic mass is 10.1. The molecule has 1 aromatic rings. The molecule has 106 valence electrons. The van der Waals surface area contributed by atoms with E-state index in [-0.39, 0.29) is 22.6 Å². The molecule has 4 nitrogen and oxygen atoms in total. The van der Waals surface area contributed by atoms with E-state index in [1.165, 1.54) is 4.90 Å². The standard InChI is InChI=1S/C15H16ClNO3/c1-4-20-11-7-5-10(6-8-11)12-13(16)15(19)17(9(2)3)14(12)18/h5-9H,4H2,1-3H3. The number of hydrogen-bond acceptors (Lipinski definition) is 3. The Morgan fingerprint density at radius 2 is 1.75 bits per heavy atom. The Balaban J connectivity index is 2.37. The minimum Gasteiger partial charge on any atom is -0.494 e. The van der Waals surface area contributed by atoms with E-state index >= 15 is 0 Å². The summed E-state index contributed by atoms with van der Waals surface area (Å²) in [6.07, 6.45) is 0. The summed E-state index contributed by atoms with van der Waals surface area (Å²) in [5.74, 6) is -0.0693. The number of ether oxygens (including phenoxy) is 1. The van der Waals surface area contributed by atoms with E-state index < -0.39 is 5.91 Å². The molecule has 20 heavy (non-hydrogen) atoms. The number of hydrogen-bond donors (Lipinski definition) is 0. The van der Waals surface area contributed by atoms with Gasteiger partial charge in [-0.1, -0.05) is 23.7 Å². The highest BCUT2D eigenvalue weighted by atomic mass is 35.5. The van der Waals surface area contributed by atoms with E-state index in [0.717, 1.165) is 0 Å². The second kappa shape index (κ2) is 5.67. The first kappa shape index (κ1) is 14.6. The number of carbonyl (C=O) groups is 2. The van der Waals surface area contributed by atoms with Gasteiger partial charge in [0.25, 0.3) is 11.8 Å². The summed E-state index contributed by atoms with van der Waals surface area (Å²) < 4.78 is 5.35. The molecule has 1 aliphatic rings. The number of rotatable bonds is 4. The highest BCUT2D eigenvalue weighted by Crippen LogP contribution is 2.33. The van der Waals surface area contributed by atoms with Gasteiger partial charge in [0.1, 0.15) is 10.8 Å². The van der Waals surface area contributed by atoms with Crippen molar-refractivity contribution < 1.29 is 14.3 Å². The van der Waals surface area contributed by atoms with Crippen LogP contribution in [0.4, 0.5) is 0 Å². The smallest absolute Gasteiger partial charge is 0.273 e. The SMILES string of the molecule is CCOc1ccc(C2=C(Cl)C(=O)N(C(C)C)C2=O)cc1. The van der Waals surface area contributed by atoms with Gasteiger partial charge in [-0.05, 0) is 38.5 Å². The summed E-state index contributed by atoms with van der Waals surface area (Å²) in [5, 5.41) is -0.0205. The highest BCUT2D eigenvalue weighted by molar-refractivity contribution is 6.55. The largest absolute Gasteiger partial charge is 0.494 e. The van der Waals surface area contributed by atoms with Crippen LogP contribution in [0.25, 0.3) is 5.57 Å². The molecule has 1 aliphatic heterocycles. The van der Waals surface area contributed by atoms with Crippen LogP contribution in [0.3, 0.4) is 0 Å². The van der Waals surface area contributed by atoms with Gasteiger partial charge in [0.05, 0.1) is 12.2 Å². The molecule has 0 atom stereocenters. The van der Waals surface area contributed by atoms with Crippen molar-refractivity contribution in [1.29, 1.82) is 0 Å². The third-order valence-electron chi connectivity index (χ3n) is 3.03. The zero-order chi connectivity index (χ0) is 14.9. The molecule has 2 rings (SSSR count). The van der Waals surface area contributed by atoms with E-state index in [1.54, 1.807) is 38.1 Å². The number of nitrogens with zero attached hydrogens (tertiary/aromatic N) is 1. The van der Waals surface area contributed by atoms with Crippen LogP contribution in [0.15, 0.2) is 29.3 Å². The lowest BCUT2D eigenvalue weighted by Gasteiger charge is -2.18. The molecule has 0 N–H and O–H groups in total. The first-order chi connectivity index (χ1) is 9.47. The minimum atomic E-state index is -0.435. The number of benzene rings is 1. The Kier molecular flexibility index (Phi) is 4.14. The van der Waals surface area contributed by atoms with Gasteiger partial charge in [0.15, 0.2) is 0 Å². The van der Waals surface area contributed by atoms with Gasteiger partial charge in [0, 0.05) is 6.04 Å². The minimum absolute atomic E-state index is 0.0205. The number of amides is 2. The Morgan fingerprint density at radius 3 is 2.20 bits per heavy atom. The van der Waals surface area contributed by atoms with Crippen molar-refractivity contribution in [2.75, 3.05) is 6.61 Å². The van der Waals surface area contributed by atoms with Gasteiger partial charge < -0.3 is 4.74 Å². The summed E-state index contributed by atoms with van der Waals surface area (Å²) in [4.78, 5) is 25.5. The lowest BCUT2D eigenvalue weighted by molar-refractivity contribution is -0.138. The van der Waals surface area contributed by atoms with Gasteiger partial charge >= 0.3 is 0 Å². The Hall–Kier alpha value is -1.81. The zero-order valence-electron chi connectivity index (χ0n) is 11.6. The summed E-state index contributed by atoms with van der Waals surface area (Å²) in [5.41, 5.74) is 0.883. The molecule has 0 spiro atoms. The molecule has 5 heteroatoms. The predicted octanol–water partition coefficient (Wildman–Crippen LogP) is 2.81. The number of imide groups is 1. The molecule has 0 fully saturated rings. The van der Waals surface area contributed by atoms with Gasteiger partial charge in [0.2, 0.25) is 0 Å². The maximum Gasteiger partial charge on any atom is 0.273 e. The Bertz CT molecular complexity index is 575. The van der Waals surface area contributed by atoms with E-state index in [2.05, 4.69) is 0 Å². The zero-order valence-corrected chi connectivity index (χ0v) is 12.4. The first-order valence-electron chi connectivity index (χ1n) is 6.48. The molecule has 0 unspecified atom stereocenters. The fourth-order valence-electron chi connectivity index (χ4n) is 2.12. The molecule has 0 aromatic heterocycles. The molecular weight excluding hydrogens is 278 g/mol. The summed E-state index contributed by atoms with van der Waals surface area (Å²) >= 11 is 6.03. The number of carbonyl (C=O) groups excluding carboxylic acids is 2. The quantitative estimate of drug-likeness (QED) is 0.802. The van der Waals surface area contributed by atoms with Crippen molar-refractivity contribution in [3.05, 3.63) is 34.9 Å². The van der Waals surface area contributed by atoms with Crippen LogP contribution in [0.2, 0.25) is 0 Å². The monoisotopic (exact) mass is 293 g/mol. The van der Waals surface area contributed by atoms with Crippen LogP contribution in [-0.2, 0) is 9.59 Å². The molecule has 1 heterocycles. The van der Waals surface area contributed by atoms with E-state index in [1.807, 2.05) is 6.92 Å². The Labute approximate surface area is 123 Å². The van der Waals surface area contributed by atoms with Crippen LogP contribution < -0.4 is 4.74 Å². The van der Waals surface area contributed by atoms with Gasteiger partial charge in [-0.15, -0.1) is 0 Å². The van der Waals surface area contributed by atoms with Crippen molar-refractivity contribution >= 4 is 29.0 Å². The first-order valence-corrected chi connectivity index (χ1v) is 6.86. The van der Waals surface area contributed by atoms with Crippen molar-refractivity contribution in [1.82, 2.24) is 4.90 Å². The third kappa shape index (κ3) is 2.43. The Morgan fingerprint density at radius 1 is 1.15 bits per heavy atom. The van der Waals surface area contributed by atoms with E-state index in [0.29, 0.717) is 17.9 Å². The van der Waals surface area contributed by atoms with Crippen LogP contribution >= 0.6 is 11.6 Å². The van der Waals surface area contributed by atoms with Crippen molar-refractivity contribution in [2.45, 2.75) is 26.8 Å². The second-order valence-corrected chi connectivity index (χ2v) is 5.10. The van der Waals surface area contributed by atoms with Crippen LogP contribution in [-0.4, -0.2) is 29.4 Å². The molecule has 2 amide bonds. The topological polar surface area (TPSA) is 46.6 Å². The fraction of sp³-hybridized carbons (Fsp3) is 0.333. The van der Waals surface area contributed by atoms with Crippen LogP contribution in [0.5, 0.6) is 5.75 Å². The molecule has 1 aromatic carbocycles. The molecule has 0 bridgehead atoms. The lowest BCUT2D eigenvalue weighted by Crippen LogP contribution is -2.37. The maximum atomic E-state index is 12.3. The van der Waals surface area contributed by atoms with Crippen LogP contribution in [0, 0.1) is 0 Å². The molecular formula is C15H16ClNO3. The number of halogens is 1. The average molecular weight is 294 g/mol. The average Bonchev–Trinajstić information content (AvgIpc) is 2.62. The van der Waals surface area contributed by atoms with E-state index in [9.17, 15) is 9.59 Å². The van der Waals surface area contributed by atoms with Crippen molar-refractivity contribution in [3.63, 3.8) is 0 Å². The second-order valence-electron chi connectivity index (χ2n) is 4.72. The molecule has 0 radical (unpaired) electrons. The molecule has 0 saturated carbocycles. The molecule has 0 saturated heterocycles.